The molecule has 0 spiro atoms. The number of H-pyrrole nitrogens is 1. The first-order chi connectivity index (χ1) is 8.74. The van der Waals surface area contributed by atoms with Gasteiger partial charge in [-0.25, -0.2) is 4.98 Å². The largest absolute Gasteiger partial charge is 0.504 e. The summed E-state index contributed by atoms with van der Waals surface area (Å²) in [5, 5.41) is 10.2. The molecule has 1 saturated heterocycles. The lowest BCUT2D eigenvalue weighted by Gasteiger charge is -2.13. The van der Waals surface area contributed by atoms with E-state index in [1.807, 2.05) is 0 Å². The van der Waals surface area contributed by atoms with Crippen molar-refractivity contribution in [2.24, 2.45) is 0 Å². The van der Waals surface area contributed by atoms with Gasteiger partial charge in [0.2, 0.25) is 0 Å². The molecule has 1 aromatic heterocycles. The van der Waals surface area contributed by atoms with Gasteiger partial charge in [0.05, 0.1) is 30.4 Å². The van der Waals surface area contributed by atoms with Crippen molar-refractivity contribution in [1.82, 2.24) is 9.97 Å². The van der Waals surface area contributed by atoms with Crippen molar-refractivity contribution in [3.05, 3.63) is 28.8 Å². The standard InChI is InChI=1S/C12H12N2O4/c15-10-4-9-8(12(16)14-6-13-9)3-11(10)18-7-1-2-17-5-7/h3-4,6-7,15H,1-2,5H2,(H,13,14,16)/t7-/m0/s1. The van der Waals surface area contributed by atoms with E-state index in [9.17, 15) is 9.90 Å². The summed E-state index contributed by atoms with van der Waals surface area (Å²) in [4.78, 5) is 18.1. The molecule has 94 valence electrons. The van der Waals surface area contributed by atoms with Crippen LogP contribution in [0.3, 0.4) is 0 Å². The summed E-state index contributed by atoms with van der Waals surface area (Å²) in [6, 6.07) is 2.94. The van der Waals surface area contributed by atoms with Crippen molar-refractivity contribution in [3.63, 3.8) is 0 Å². The third-order valence-electron chi connectivity index (χ3n) is 2.90. The number of fused-ring (bicyclic) bond motifs is 1. The summed E-state index contributed by atoms with van der Waals surface area (Å²) < 4.78 is 10.8. The molecule has 0 bridgehead atoms. The molecule has 0 saturated carbocycles. The molecule has 1 aromatic carbocycles. The highest BCUT2D eigenvalue weighted by atomic mass is 16.5. The maximum Gasteiger partial charge on any atom is 0.258 e. The number of aromatic hydroxyl groups is 1. The Morgan fingerprint density at radius 1 is 1.50 bits per heavy atom. The fraction of sp³-hybridized carbons (Fsp3) is 0.333. The highest BCUT2D eigenvalue weighted by Gasteiger charge is 2.19. The van der Waals surface area contributed by atoms with Gasteiger partial charge in [0.15, 0.2) is 11.5 Å². The second kappa shape index (κ2) is 4.30. The van der Waals surface area contributed by atoms with E-state index in [2.05, 4.69) is 9.97 Å². The fourth-order valence-electron chi connectivity index (χ4n) is 1.96. The summed E-state index contributed by atoms with van der Waals surface area (Å²) in [6.45, 7) is 1.15. The lowest BCUT2D eigenvalue weighted by Crippen LogP contribution is -2.16. The molecular formula is C12H12N2O4. The van der Waals surface area contributed by atoms with E-state index in [-0.39, 0.29) is 23.2 Å². The maximum absolute atomic E-state index is 11.6. The summed E-state index contributed by atoms with van der Waals surface area (Å²) in [5.74, 6) is 0.268. The first kappa shape index (κ1) is 11.0. The lowest BCUT2D eigenvalue weighted by molar-refractivity contribution is 0.139. The quantitative estimate of drug-likeness (QED) is 0.821. The van der Waals surface area contributed by atoms with Crippen molar-refractivity contribution >= 4 is 10.9 Å². The number of phenolic OH excluding ortho intramolecular Hbond substituents is 1. The van der Waals surface area contributed by atoms with Gasteiger partial charge in [-0.2, -0.15) is 0 Å². The molecular weight excluding hydrogens is 236 g/mol. The summed E-state index contributed by atoms with van der Waals surface area (Å²) in [5.41, 5.74) is 0.179. The Kier molecular flexibility index (Phi) is 2.64. The molecule has 1 aliphatic rings. The van der Waals surface area contributed by atoms with Gasteiger partial charge in [0.1, 0.15) is 6.10 Å². The Labute approximate surface area is 102 Å². The van der Waals surface area contributed by atoms with Crippen LogP contribution >= 0.6 is 0 Å². The van der Waals surface area contributed by atoms with E-state index in [1.165, 1.54) is 18.5 Å². The van der Waals surface area contributed by atoms with Gasteiger partial charge in [-0.15, -0.1) is 0 Å². The molecule has 6 nitrogen and oxygen atoms in total. The minimum Gasteiger partial charge on any atom is -0.504 e. The number of hydrogen-bond donors (Lipinski definition) is 2. The van der Waals surface area contributed by atoms with E-state index in [4.69, 9.17) is 9.47 Å². The number of nitrogens with one attached hydrogen (secondary N) is 1. The normalized spacial score (nSPS) is 19.2. The van der Waals surface area contributed by atoms with Gasteiger partial charge in [-0.1, -0.05) is 0 Å². The number of nitrogens with zero attached hydrogens (tertiary/aromatic N) is 1. The van der Waals surface area contributed by atoms with E-state index in [0.29, 0.717) is 24.1 Å². The van der Waals surface area contributed by atoms with E-state index >= 15 is 0 Å². The second-order valence-electron chi connectivity index (χ2n) is 4.17. The van der Waals surface area contributed by atoms with Gasteiger partial charge >= 0.3 is 0 Å². The van der Waals surface area contributed by atoms with Gasteiger partial charge in [0.25, 0.3) is 5.56 Å². The molecule has 1 fully saturated rings. The van der Waals surface area contributed by atoms with Crippen molar-refractivity contribution < 1.29 is 14.6 Å². The SMILES string of the molecule is O=c1[nH]cnc2cc(O)c(O[C@H]3CCOC3)cc12. The molecule has 1 atom stereocenters. The van der Waals surface area contributed by atoms with Crippen LogP contribution in [-0.4, -0.2) is 34.4 Å². The lowest BCUT2D eigenvalue weighted by atomic mass is 10.2. The minimum atomic E-state index is -0.257. The van der Waals surface area contributed by atoms with E-state index < -0.39 is 0 Å². The Morgan fingerprint density at radius 3 is 3.17 bits per heavy atom. The monoisotopic (exact) mass is 248 g/mol. The first-order valence-corrected chi connectivity index (χ1v) is 5.69. The molecule has 6 heteroatoms. The molecule has 0 radical (unpaired) electrons. The van der Waals surface area contributed by atoms with Crippen LogP contribution in [0.1, 0.15) is 6.42 Å². The Balaban J connectivity index is 2.03. The van der Waals surface area contributed by atoms with Crippen molar-refractivity contribution in [1.29, 1.82) is 0 Å². The molecule has 0 unspecified atom stereocenters. The van der Waals surface area contributed by atoms with Gasteiger partial charge < -0.3 is 19.6 Å². The number of aromatic nitrogens is 2. The predicted molar refractivity (Wildman–Crippen MR) is 63.9 cm³/mol. The molecule has 2 heterocycles. The maximum atomic E-state index is 11.6. The van der Waals surface area contributed by atoms with E-state index in [1.54, 1.807) is 0 Å². The van der Waals surface area contributed by atoms with Gasteiger partial charge in [-0.05, 0) is 6.07 Å². The zero-order chi connectivity index (χ0) is 12.5. The highest BCUT2D eigenvalue weighted by molar-refractivity contribution is 5.81. The third kappa shape index (κ3) is 1.91. The zero-order valence-corrected chi connectivity index (χ0v) is 9.55. The van der Waals surface area contributed by atoms with Gasteiger partial charge in [-0.3, -0.25) is 4.79 Å². The molecule has 3 rings (SSSR count). The first-order valence-electron chi connectivity index (χ1n) is 5.69. The highest BCUT2D eigenvalue weighted by Crippen LogP contribution is 2.30. The Bertz CT molecular complexity index is 632. The minimum absolute atomic E-state index is 0.0208. The molecule has 2 aromatic rings. The Hall–Kier alpha value is -2.08. The van der Waals surface area contributed by atoms with Crippen LogP contribution in [0.4, 0.5) is 0 Å². The molecule has 0 aliphatic carbocycles. The van der Waals surface area contributed by atoms with E-state index in [0.717, 1.165) is 6.42 Å². The number of hydrogen-bond acceptors (Lipinski definition) is 5. The van der Waals surface area contributed by atoms with Crippen LogP contribution in [0.5, 0.6) is 11.5 Å². The average molecular weight is 248 g/mol. The molecule has 18 heavy (non-hydrogen) atoms. The van der Waals surface area contributed by atoms with Crippen LogP contribution in [-0.2, 0) is 4.74 Å². The number of rotatable bonds is 2. The van der Waals surface area contributed by atoms with Gasteiger partial charge in [0, 0.05) is 12.5 Å². The summed E-state index contributed by atoms with van der Waals surface area (Å²) in [6.07, 6.45) is 2.00. The number of ether oxygens (including phenoxy) is 2. The van der Waals surface area contributed by atoms with Crippen LogP contribution < -0.4 is 10.3 Å². The molecule has 1 aliphatic heterocycles. The number of benzene rings is 1. The summed E-state index contributed by atoms with van der Waals surface area (Å²) >= 11 is 0. The number of aromatic amines is 1. The van der Waals surface area contributed by atoms with Crippen LogP contribution in [0, 0.1) is 0 Å². The smallest absolute Gasteiger partial charge is 0.258 e. The second-order valence-corrected chi connectivity index (χ2v) is 4.17. The topological polar surface area (TPSA) is 84.4 Å². The average Bonchev–Trinajstić information content (AvgIpc) is 2.84. The van der Waals surface area contributed by atoms with Crippen molar-refractivity contribution in [2.45, 2.75) is 12.5 Å². The molecule has 0 amide bonds. The van der Waals surface area contributed by atoms with Crippen LogP contribution in [0.15, 0.2) is 23.3 Å². The third-order valence-corrected chi connectivity index (χ3v) is 2.90. The van der Waals surface area contributed by atoms with Crippen LogP contribution in [0.25, 0.3) is 10.9 Å². The van der Waals surface area contributed by atoms with Crippen molar-refractivity contribution in [2.75, 3.05) is 13.2 Å². The van der Waals surface area contributed by atoms with Crippen molar-refractivity contribution in [3.8, 4) is 11.5 Å². The predicted octanol–water partition coefficient (Wildman–Crippen LogP) is 0.796. The van der Waals surface area contributed by atoms with Crippen LogP contribution in [0.2, 0.25) is 0 Å². The number of phenols is 1. The fourth-order valence-corrected chi connectivity index (χ4v) is 1.96. The molecule has 2 N–H and O–H groups in total. The zero-order valence-electron chi connectivity index (χ0n) is 9.55. The summed E-state index contributed by atoms with van der Waals surface area (Å²) in [7, 11) is 0. The Morgan fingerprint density at radius 2 is 2.39 bits per heavy atom.